The van der Waals surface area contributed by atoms with Gasteiger partial charge in [-0.15, -0.1) is 0 Å². The fraction of sp³-hybridized carbons (Fsp3) is 0.909. The summed E-state index contributed by atoms with van der Waals surface area (Å²) in [6.07, 6.45) is 2.98. The molecular formula is C11H21NO2. The Bertz CT molecular complexity index is 182. The molecule has 3 nitrogen and oxygen atoms in total. The highest BCUT2D eigenvalue weighted by molar-refractivity contribution is 5.78. The number of unbranched alkanes of at least 4 members (excludes halogenated alkanes) is 1. The molecule has 0 spiro atoms. The lowest BCUT2D eigenvalue weighted by Gasteiger charge is -2.13. The van der Waals surface area contributed by atoms with E-state index in [1.54, 1.807) is 0 Å². The van der Waals surface area contributed by atoms with Crippen LogP contribution in [0.3, 0.4) is 0 Å². The van der Waals surface area contributed by atoms with Crippen molar-refractivity contribution in [1.82, 2.24) is 4.90 Å². The van der Waals surface area contributed by atoms with Gasteiger partial charge < -0.3 is 9.64 Å². The third-order valence-corrected chi connectivity index (χ3v) is 2.67. The van der Waals surface area contributed by atoms with E-state index in [0.29, 0.717) is 12.3 Å². The normalized spacial score (nSPS) is 22.0. The van der Waals surface area contributed by atoms with Crippen molar-refractivity contribution in [1.29, 1.82) is 0 Å². The van der Waals surface area contributed by atoms with Crippen molar-refractivity contribution >= 4 is 5.91 Å². The van der Waals surface area contributed by atoms with Gasteiger partial charge in [0.1, 0.15) is 0 Å². The first-order valence-electron chi connectivity index (χ1n) is 5.63. The van der Waals surface area contributed by atoms with Gasteiger partial charge in [0.05, 0.1) is 6.61 Å². The van der Waals surface area contributed by atoms with Gasteiger partial charge in [0.2, 0.25) is 5.91 Å². The average molecular weight is 199 g/mol. The number of ether oxygens (including phenoxy) is 1. The van der Waals surface area contributed by atoms with Gasteiger partial charge >= 0.3 is 0 Å². The van der Waals surface area contributed by atoms with E-state index in [2.05, 4.69) is 6.92 Å². The minimum atomic E-state index is 0.289. The van der Waals surface area contributed by atoms with E-state index in [1.165, 1.54) is 6.42 Å². The lowest BCUT2D eigenvalue weighted by Crippen LogP contribution is -2.25. The Labute approximate surface area is 86.4 Å². The molecule has 1 fully saturated rings. The zero-order chi connectivity index (χ0) is 10.4. The third-order valence-electron chi connectivity index (χ3n) is 2.67. The van der Waals surface area contributed by atoms with Crippen LogP contribution in [-0.4, -0.2) is 37.1 Å². The summed E-state index contributed by atoms with van der Waals surface area (Å²) < 4.78 is 5.52. The van der Waals surface area contributed by atoms with Gasteiger partial charge in [0, 0.05) is 32.0 Å². The van der Waals surface area contributed by atoms with Gasteiger partial charge in [-0.25, -0.2) is 0 Å². The quantitative estimate of drug-likeness (QED) is 0.609. The number of rotatable bonds is 6. The Morgan fingerprint density at radius 3 is 2.86 bits per heavy atom. The number of hydrogen-bond donors (Lipinski definition) is 0. The van der Waals surface area contributed by atoms with Gasteiger partial charge in [-0.1, -0.05) is 13.3 Å². The average Bonchev–Trinajstić information content (AvgIpc) is 2.54. The first kappa shape index (κ1) is 11.5. The topological polar surface area (TPSA) is 29.5 Å². The van der Waals surface area contributed by atoms with Gasteiger partial charge in [-0.05, 0) is 13.3 Å². The van der Waals surface area contributed by atoms with Crippen molar-refractivity contribution in [2.45, 2.75) is 33.1 Å². The van der Waals surface area contributed by atoms with Crippen LogP contribution in [0.15, 0.2) is 0 Å². The first-order valence-corrected chi connectivity index (χ1v) is 5.63. The molecule has 1 aliphatic heterocycles. The molecule has 1 heterocycles. The van der Waals surface area contributed by atoms with E-state index in [1.807, 2.05) is 11.8 Å². The predicted molar refractivity (Wildman–Crippen MR) is 56.1 cm³/mol. The maximum atomic E-state index is 11.4. The van der Waals surface area contributed by atoms with Crippen molar-refractivity contribution in [2.24, 2.45) is 5.92 Å². The van der Waals surface area contributed by atoms with Crippen LogP contribution in [0.5, 0.6) is 0 Å². The van der Waals surface area contributed by atoms with E-state index in [4.69, 9.17) is 4.74 Å². The number of hydrogen-bond acceptors (Lipinski definition) is 2. The molecule has 1 rings (SSSR count). The SMILES string of the molecule is CCCCOCC1CC(=O)N(CC)C1. The van der Waals surface area contributed by atoms with Crippen LogP contribution in [0, 0.1) is 5.92 Å². The molecule has 1 atom stereocenters. The maximum absolute atomic E-state index is 11.4. The Morgan fingerprint density at radius 1 is 1.50 bits per heavy atom. The first-order chi connectivity index (χ1) is 6.77. The van der Waals surface area contributed by atoms with Crippen LogP contribution in [0.1, 0.15) is 33.1 Å². The van der Waals surface area contributed by atoms with Gasteiger partial charge in [0.25, 0.3) is 0 Å². The molecule has 0 N–H and O–H groups in total. The van der Waals surface area contributed by atoms with Crippen LogP contribution < -0.4 is 0 Å². The van der Waals surface area contributed by atoms with Gasteiger partial charge in [0.15, 0.2) is 0 Å². The molecule has 1 aliphatic rings. The fourth-order valence-electron chi connectivity index (χ4n) is 1.77. The highest BCUT2D eigenvalue weighted by Crippen LogP contribution is 2.17. The van der Waals surface area contributed by atoms with Gasteiger partial charge in [-0.3, -0.25) is 4.79 Å². The molecule has 0 bridgehead atoms. The molecule has 14 heavy (non-hydrogen) atoms. The lowest BCUT2D eigenvalue weighted by molar-refractivity contribution is -0.127. The second-order valence-corrected chi connectivity index (χ2v) is 3.93. The zero-order valence-electron chi connectivity index (χ0n) is 9.29. The summed E-state index contributed by atoms with van der Waals surface area (Å²) in [5, 5.41) is 0. The number of amides is 1. The Morgan fingerprint density at radius 2 is 2.29 bits per heavy atom. The smallest absolute Gasteiger partial charge is 0.223 e. The summed E-state index contributed by atoms with van der Waals surface area (Å²) >= 11 is 0. The minimum absolute atomic E-state index is 0.289. The second-order valence-electron chi connectivity index (χ2n) is 3.93. The zero-order valence-corrected chi connectivity index (χ0v) is 9.29. The molecule has 82 valence electrons. The van der Waals surface area contributed by atoms with E-state index < -0.39 is 0 Å². The second kappa shape index (κ2) is 6.02. The van der Waals surface area contributed by atoms with Crippen LogP contribution in [0.25, 0.3) is 0 Å². The predicted octanol–water partition coefficient (Wildman–Crippen LogP) is 1.67. The molecule has 1 amide bonds. The summed E-state index contributed by atoms with van der Waals surface area (Å²) in [7, 11) is 0. The molecule has 3 heteroatoms. The summed E-state index contributed by atoms with van der Waals surface area (Å²) in [5.41, 5.74) is 0. The molecule has 0 radical (unpaired) electrons. The van der Waals surface area contributed by atoms with Gasteiger partial charge in [-0.2, -0.15) is 0 Å². The highest BCUT2D eigenvalue weighted by atomic mass is 16.5. The molecule has 0 aromatic heterocycles. The van der Waals surface area contributed by atoms with Crippen LogP contribution in [-0.2, 0) is 9.53 Å². The van der Waals surface area contributed by atoms with Crippen LogP contribution in [0.4, 0.5) is 0 Å². The fourth-order valence-corrected chi connectivity index (χ4v) is 1.77. The number of carbonyl (C=O) groups is 1. The molecule has 0 saturated carbocycles. The molecular weight excluding hydrogens is 178 g/mol. The van der Waals surface area contributed by atoms with E-state index in [-0.39, 0.29) is 5.91 Å². The van der Waals surface area contributed by atoms with Crippen molar-refractivity contribution in [3.63, 3.8) is 0 Å². The third kappa shape index (κ3) is 3.29. The van der Waals surface area contributed by atoms with Crippen molar-refractivity contribution in [3.8, 4) is 0 Å². The summed E-state index contributed by atoms with van der Waals surface area (Å²) in [4.78, 5) is 13.3. The largest absolute Gasteiger partial charge is 0.381 e. The van der Waals surface area contributed by atoms with Crippen molar-refractivity contribution in [2.75, 3.05) is 26.3 Å². The number of nitrogens with zero attached hydrogens (tertiary/aromatic N) is 1. The van der Waals surface area contributed by atoms with Crippen LogP contribution >= 0.6 is 0 Å². The summed E-state index contributed by atoms with van der Waals surface area (Å²) in [6, 6.07) is 0. The van der Waals surface area contributed by atoms with E-state index in [9.17, 15) is 4.79 Å². The Balaban J connectivity index is 2.12. The molecule has 0 aromatic rings. The monoisotopic (exact) mass is 199 g/mol. The van der Waals surface area contributed by atoms with E-state index >= 15 is 0 Å². The molecule has 1 saturated heterocycles. The molecule has 1 unspecified atom stereocenters. The van der Waals surface area contributed by atoms with E-state index in [0.717, 1.165) is 32.7 Å². The molecule has 0 aliphatic carbocycles. The minimum Gasteiger partial charge on any atom is -0.381 e. The van der Waals surface area contributed by atoms with Crippen molar-refractivity contribution < 1.29 is 9.53 Å². The Hall–Kier alpha value is -0.570. The Kier molecular flexibility index (Phi) is 4.94. The lowest BCUT2D eigenvalue weighted by atomic mass is 10.1. The standard InChI is InChI=1S/C11H21NO2/c1-3-5-6-14-9-10-7-11(13)12(4-2)8-10/h10H,3-9H2,1-2H3. The number of likely N-dealkylation sites (tertiary alicyclic amines) is 1. The van der Waals surface area contributed by atoms with Crippen LogP contribution in [0.2, 0.25) is 0 Å². The number of carbonyl (C=O) groups excluding carboxylic acids is 1. The highest BCUT2D eigenvalue weighted by Gasteiger charge is 2.28. The summed E-state index contributed by atoms with van der Waals surface area (Å²) in [6.45, 7) is 7.50. The molecule has 0 aromatic carbocycles. The van der Waals surface area contributed by atoms with Crippen molar-refractivity contribution in [3.05, 3.63) is 0 Å². The summed E-state index contributed by atoms with van der Waals surface area (Å²) in [5.74, 6) is 0.718. The maximum Gasteiger partial charge on any atom is 0.223 e.